The molecule has 0 unspecified atom stereocenters. The van der Waals surface area contributed by atoms with Crippen molar-refractivity contribution in [3.8, 4) is 0 Å². The highest BCUT2D eigenvalue weighted by Gasteiger charge is 2.67. The molecule has 4 atom stereocenters. The molecule has 0 spiro atoms. The van der Waals surface area contributed by atoms with Gasteiger partial charge in [-0.25, -0.2) is 0 Å². The van der Waals surface area contributed by atoms with Crippen molar-refractivity contribution in [3.05, 3.63) is 34.9 Å². The van der Waals surface area contributed by atoms with Gasteiger partial charge in [-0.15, -0.1) is 0 Å². The number of fused-ring (bicyclic) bond motifs is 1. The van der Waals surface area contributed by atoms with Crippen LogP contribution >= 0.6 is 23.4 Å². The fourth-order valence-corrected chi connectivity index (χ4v) is 4.72. The lowest BCUT2D eigenvalue weighted by Gasteiger charge is -2.32. The molecule has 2 saturated heterocycles. The van der Waals surface area contributed by atoms with Gasteiger partial charge in [0, 0.05) is 18.1 Å². The Kier molecular flexibility index (Phi) is 5.33. The van der Waals surface area contributed by atoms with Crippen molar-refractivity contribution < 1.29 is 19.1 Å². The molecule has 0 bridgehead atoms. The van der Waals surface area contributed by atoms with E-state index in [2.05, 4.69) is 5.32 Å². The second-order valence-corrected chi connectivity index (χ2v) is 8.04. The maximum Gasteiger partial charge on any atom is 0.326 e. The first-order valence-electron chi connectivity index (χ1n) is 8.29. The third-order valence-corrected chi connectivity index (χ3v) is 6.22. The van der Waals surface area contributed by atoms with E-state index < -0.39 is 29.4 Å². The van der Waals surface area contributed by atoms with Gasteiger partial charge in [-0.1, -0.05) is 23.7 Å². The number of esters is 1. The zero-order valence-corrected chi connectivity index (χ0v) is 16.4. The van der Waals surface area contributed by atoms with E-state index in [1.165, 1.54) is 14.2 Å². The molecule has 0 saturated carbocycles. The van der Waals surface area contributed by atoms with E-state index in [0.29, 0.717) is 17.2 Å². The van der Waals surface area contributed by atoms with Crippen molar-refractivity contribution in [1.29, 1.82) is 0 Å². The topological polar surface area (TPSA) is 75.7 Å². The third kappa shape index (κ3) is 2.82. The summed E-state index contributed by atoms with van der Waals surface area (Å²) < 4.78 is 5.05. The van der Waals surface area contributed by atoms with E-state index in [4.69, 9.17) is 16.3 Å². The molecule has 140 valence electrons. The van der Waals surface area contributed by atoms with Crippen LogP contribution < -0.4 is 5.32 Å². The first kappa shape index (κ1) is 19.2. The maximum atomic E-state index is 12.9. The molecule has 0 aromatic heterocycles. The number of carbonyl (C=O) groups is 3. The molecule has 2 amide bonds. The molecule has 2 fully saturated rings. The summed E-state index contributed by atoms with van der Waals surface area (Å²) in [6, 6.07) is 6.64. The summed E-state index contributed by atoms with van der Waals surface area (Å²) in [6.07, 6.45) is 2.33. The first-order chi connectivity index (χ1) is 12.4. The Balaban J connectivity index is 2.11. The SMILES string of the molecule is COC(=O)[C@]1(CCSC)N[C@H](c2ccc(Cl)cc2)[C@@H]2C(=O)N(C)C(=O)[C@H]21. The van der Waals surface area contributed by atoms with E-state index >= 15 is 0 Å². The summed E-state index contributed by atoms with van der Waals surface area (Å²) in [5.41, 5.74) is -0.402. The number of hydrogen-bond donors (Lipinski definition) is 1. The van der Waals surface area contributed by atoms with Gasteiger partial charge in [-0.05, 0) is 36.1 Å². The summed E-state index contributed by atoms with van der Waals surface area (Å²) in [5.74, 6) is -1.88. The molecule has 1 N–H and O–H groups in total. The fraction of sp³-hybridized carbons (Fsp3) is 0.500. The minimum absolute atomic E-state index is 0.276. The number of nitrogens with zero attached hydrogens (tertiary/aromatic N) is 1. The second-order valence-electron chi connectivity index (χ2n) is 6.62. The average Bonchev–Trinajstić information content (AvgIpc) is 3.10. The molecule has 8 heteroatoms. The molecule has 1 aromatic rings. The van der Waals surface area contributed by atoms with Crippen LogP contribution in [0, 0.1) is 11.8 Å². The number of imide groups is 1. The normalized spacial score (nSPS) is 30.6. The Labute approximate surface area is 161 Å². The largest absolute Gasteiger partial charge is 0.468 e. The van der Waals surface area contributed by atoms with Crippen molar-refractivity contribution in [2.24, 2.45) is 11.8 Å². The molecule has 6 nitrogen and oxygen atoms in total. The number of halogens is 1. The smallest absolute Gasteiger partial charge is 0.326 e. The van der Waals surface area contributed by atoms with Crippen molar-refractivity contribution in [1.82, 2.24) is 10.2 Å². The summed E-state index contributed by atoms with van der Waals surface area (Å²) in [5, 5.41) is 3.89. The maximum absolute atomic E-state index is 12.9. The number of thioether (sulfide) groups is 1. The Bertz CT molecular complexity index is 741. The summed E-state index contributed by atoms with van der Waals surface area (Å²) in [7, 11) is 2.78. The fourth-order valence-electron chi connectivity index (χ4n) is 4.07. The average molecular weight is 397 g/mol. The first-order valence-corrected chi connectivity index (χ1v) is 10.1. The Morgan fingerprint density at radius 1 is 1.31 bits per heavy atom. The van der Waals surface area contributed by atoms with Crippen molar-refractivity contribution >= 4 is 41.1 Å². The zero-order valence-electron chi connectivity index (χ0n) is 14.8. The van der Waals surface area contributed by atoms with Gasteiger partial charge in [0.15, 0.2) is 0 Å². The highest BCUT2D eigenvalue weighted by molar-refractivity contribution is 7.98. The van der Waals surface area contributed by atoms with Crippen molar-refractivity contribution in [2.45, 2.75) is 18.0 Å². The van der Waals surface area contributed by atoms with Crippen LogP contribution in [-0.4, -0.2) is 54.4 Å². The van der Waals surface area contributed by atoms with Gasteiger partial charge < -0.3 is 4.74 Å². The molecule has 3 rings (SSSR count). The number of benzene rings is 1. The Morgan fingerprint density at radius 3 is 2.54 bits per heavy atom. The summed E-state index contributed by atoms with van der Waals surface area (Å²) in [6.45, 7) is 0. The lowest BCUT2D eigenvalue weighted by molar-refractivity contribution is -0.154. The highest BCUT2D eigenvalue weighted by Crippen LogP contribution is 2.50. The molecular weight excluding hydrogens is 376 g/mol. The quantitative estimate of drug-likeness (QED) is 0.605. The van der Waals surface area contributed by atoms with Crippen molar-refractivity contribution in [2.75, 3.05) is 26.2 Å². The van der Waals surface area contributed by atoms with Gasteiger partial charge in [0.1, 0.15) is 5.54 Å². The number of nitrogens with one attached hydrogen (secondary N) is 1. The molecule has 2 aliphatic heterocycles. The van der Waals surface area contributed by atoms with Gasteiger partial charge in [-0.3, -0.25) is 24.6 Å². The van der Waals surface area contributed by atoms with E-state index in [1.54, 1.807) is 23.9 Å². The summed E-state index contributed by atoms with van der Waals surface area (Å²) in [4.78, 5) is 39.6. The minimum atomic E-state index is -1.22. The highest BCUT2D eigenvalue weighted by atomic mass is 35.5. The van der Waals surface area contributed by atoms with Crippen LogP contribution in [0.2, 0.25) is 5.02 Å². The van der Waals surface area contributed by atoms with E-state index in [0.717, 1.165) is 10.5 Å². The van der Waals surface area contributed by atoms with Crippen LogP contribution in [0.25, 0.3) is 0 Å². The van der Waals surface area contributed by atoms with Crippen LogP contribution in [0.15, 0.2) is 24.3 Å². The second kappa shape index (κ2) is 7.21. The van der Waals surface area contributed by atoms with Gasteiger partial charge in [0.05, 0.1) is 18.9 Å². The van der Waals surface area contributed by atoms with Crippen LogP contribution in [0.3, 0.4) is 0 Å². The number of carbonyl (C=O) groups excluding carboxylic acids is 3. The number of amides is 2. The monoisotopic (exact) mass is 396 g/mol. The van der Waals surface area contributed by atoms with Crippen LogP contribution in [0.4, 0.5) is 0 Å². The van der Waals surface area contributed by atoms with Crippen LogP contribution in [0.1, 0.15) is 18.0 Å². The predicted octanol–water partition coefficient (Wildman–Crippen LogP) is 1.88. The number of rotatable bonds is 5. The van der Waals surface area contributed by atoms with Gasteiger partial charge in [-0.2, -0.15) is 11.8 Å². The molecule has 2 heterocycles. The Hall–Kier alpha value is -1.57. The lowest BCUT2D eigenvalue weighted by Crippen LogP contribution is -2.56. The molecule has 1 aromatic carbocycles. The molecule has 2 aliphatic rings. The minimum Gasteiger partial charge on any atom is -0.468 e. The van der Waals surface area contributed by atoms with E-state index in [9.17, 15) is 14.4 Å². The van der Waals surface area contributed by atoms with Crippen LogP contribution in [-0.2, 0) is 19.1 Å². The number of hydrogen-bond acceptors (Lipinski definition) is 6. The molecule has 0 aliphatic carbocycles. The predicted molar refractivity (Wildman–Crippen MR) is 99.8 cm³/mol. The van der Waals surface area contributed by atoms with Crippen molar-refractivity contribution in [3.63, 3.8) is 0 Å². The third-order valence-electron chi connectivity index (χ3n) is 5.35. The molecule has 26 heavy (non-hydrogen) atoms. The number of methoxy groups -OCH3 is 1. The van der Waals surface area contributed by atoms with Gasteiger partial charge in [0.2, 0.25) is 11.8 Å². The zero-order chi connectivity index (χ0) is 19.1. The molecule has 0 radical (unpaired) electrons. The summed E-state index contributed by atoms with van der Waals surface area (Å²) >= 11 is 7.55. The van der Waals surface area contributed by atoms with E-state index in [-0.39, 0.29) is 11.8 Å². The number of ether oxygens (including phenoxy) is 1. The standard InChI is InChI=1S/C18H21ClN2O4S/c1-21-15(22)12-13(16(21)23)18(8-9-26-3,17(24)25-2)20-14(12)10-4-6-11(19)7-5-10/h4-7,12-14,20H,8-9H2,1-3H3/t12-,13+,14-,18-/m1/s1. The van der Waals surface area contributed by atoms with Crippen LogP contribution in [0.5, 0.6) is 0 Å². The Morgan fingerprint density at radius 2 is 1.96 bits per heavy atom. The van der Waals surface area contributed by atoms with E-state index in [1.807, 2.05) is 18.4 Å². The van der Waals surface area contributed by atoms with Gasteiger partial charge in [0.25, 0.3) is 0 Å². The number of likely N-dealkylation sites (tertiary alicyclic amines) is 1. The van der Waals surface area contributed by atoms with Gasteiger partial charge >= 0.3 is 5.97 Å². The molecular formula is C18H21ClN2O4S. The lowest BCUT2D eigenvalue weighted by atomic mass is 9.78.